The summed E-state index contributed by atoms with van der Waals surface area (Å²) in [6.07, 6.45) is -0.649. The number of rotatable bonds is 7. The maximum absolute atomic E-state index is 12.3. The zero-order valence-corrected chi connectivity index (χ0v) is 16.4. The third-order valence-corrected chi connectivity index (χ3v) is 4.46. The molecule has 0 bridgehead atoms. The van der Waals surface area contributed by atoms with Gasteiger partial charge in [-0.1, -0.05) is 17.3 Å². The second-order valence-electron chi connectivity index (χ2n) is 6.42. The number of ether oxygens (including phenoxy) is 2. The zero-order valence-electron chi connectivity index (χ0n) is 16.4. The Morgan fingerprint density at radius 1 is 1.18 bits per heavy atom. The van der Waals surface area contributed by atoms with E-state index in [0.717, 1.165) is 22.4 Å². The summed E-state index contributed by atoms with van der Waals surface area (Å²) in [6.45, 7) is 5.80. The number of hydrogen-bond acceptors (Lipinski definition) is 6. The Labute approximate surface area is 163 Å². The lowest BCUT2D eigenvalue weighted by atomic mass is 10.1. The molecule has 3 rings (SSSR count). The van der Waals surface area contributed by atoms with Gasteiger partial charge in [0.25, 0.3) is 5.91 Å². The SMILES string of the molecule is COc1ccc(-c2noc(CNC(=O)[C@@H](C)Oc3cccc(C)c3C)n2)cc1. The van der Waals surface area contributed by atoms with Crippen LogP contribution in [-0.4, -0.2) is 29.3 Å². The molecule has 7 nitrogen and oxygen atoms in total. The average Bonchev–Trinajstić information content (AvgIpc) is 3.18. The van der Waals surface area contributed by atoms with E-state index >= 15 is 0 Å². The van der Waals surface area contributed by atoms with Crippen molar-refractivity contribution in [3.8, 4) is 22.9 Å². The number of benzene rings is 2. The fourth-order valence-corrected chi connectivity index (χ4v) is 2.59. The number of aryl methyl sites for hydroxylation is 1. The first kappa shape index (κ1) is 19.4. The highest BCUT2D eigenvalue weighted by molar-refractivity contribution is 5.80. The summed E-state index contributed by atoms with van der Waals surface area (Å²) in [6, 6.07) is 13.1. The highest BCUT2D eigenvalue weighted by Gasteiger charge is 2.17. The smallest absolute Gasteiger partial charge is 0.261 e. The van der Waals surface area contributed by atoms with Gasteiger partial charge in [0, 0.05) is 5.56 Å². The molecule has 0 fully saturated rings. The first-order valence-corrected chi connectivity index (χ1v) is 8.95. The van der Waals surface area contributed by atoms with Crippen LogP contribution in [0.15, 0.2) is 47.0 Å². The first-order valence-electron chi connectivity index (χ1n) is 8.95. The molecule has 0 radical (unpaired) electrons. The maximum Gasteiger partial charge on any atom is 0.261 e. The van der Waals surface area contributed by atoms with Crippen molar-refractivity contribution in [2.24, 2.45) is 0 Å². The Morgan fingerprint density at radius 3 is 2.64 bits per heavy atom. The third kappa shape index (κ3) is 4.49. The van der Waals surface area contributed by atoms with Crippen molar-refractivity contribution >= 4 is 5.91 Å². The van der Waals surface area contributed by atoms with Gasteiger partial charge in [0.2, 0.25) is 11.7 Å². The van der Waals surface area contributed by atoms with Gasteiger partial charge in [-0.05, 0) is 62.2 Å². The van der Waals surface area contributed by atoms with Crippen molar-refractivity contribution in [3.05, 3.63) is 59.5 Å². The van der Waals surface area contributed by atoms with Gasteiger partial charge in [-0.2, -0.15) is 4.98 Å². The van der Waals surface area contributed by atoms with Gasteiger partial charge >= 0.3 is 0 Å². The molecular weight excluding hydrogens is 358 g/mol. The van der Waals surface area contributed by atoms with Crippen LogP contribution in [-0.2, 0) is 11.3 Å². The van der Waals surface area contributed by atoms with E-state index in [-0.39, 0.29) is 12.5 Å². The van der Waals surface area contributed by atoms with Gasteiger partial charge in [-0.3, -0.25) is 4.79 Å². The Morgan fingerprint density at radius 2 is 1.93 bits per heavy atom. The van der Waals surface area contributed by atoms with Crippen molar-refractivity contribution < 1.29 is 18.8 Å². The fraction of sp³-hybridized carbons (Fsp3) is 0.286. The van der Waals surface area contributed by atoms with Gasteiger partial charge in [-0.25, -0.2) is 0 Å². The minimum Gasteiger partial charge on any atom is -0.497 e. The van der Waals surface area contributed by atoms with Gasteiger partial charge in [0.15, 0.2) is 6.10 Å². The van der Waals surface area contributed by atoms with E-state index in [1.807, 2.05) is 56.3 Å². The predicted octanol–water partition coefficient (Wildman–Crippen LogP) is 3.45. The molecular formula is C21H23N3O4. The highest BCUT2D eigenvalue weighted by atomic mass is 16.5. The molecule has 1 heterocycles. The van der Waals surface area contributed by atoms with E-state index in [4.69, 9.17) is 14.0 Å². The van der Waals surface area contributed by atoms with Crippen molar-refractivity contribution in [3.63, 3.8) is 0 Å². The van der Waals surface area contributed by atoms with E-state index in [9.17, 15) is 4.79 Å². The van der Waals surface area contributed by atoms with Gasteiger partial charge in [0.1, 0.15) is 11.5 Å². The zero-order chi connectivity index (χ0) is 20.1. The Balaban J connectivity index is 1.57. The summed E-state index contributed by atoms with van der Waals surface area (Å²) >= 11 is 0. The lowest BCUT2D eigenvalue weighted by Gasteiger charge is -2.16. The van der Waals surface area contributed by atoms with Gasteiger partial charge in [-0.15, -0.1) is 0 Å². The Kier molecular flexibility index (Phi) is 5.93. The quantitative estimate of drug-likeness (QED) is 0.675. The monoisotopic (exact) mass is 381 g/mol. The van der Waals surface area contributed by atoms with Crippen LogP contribution in [0.25, 0.3) is 11.4 Å². The van der Waals surface area contributed by atoms with Crippen LogP contribution in [0.2, 0.25) is 0 Å². The minimum atomic E-state index is -0.649. The molecule has 0 saturated heterocycles. The Hall–Kier alpha value is -3.35. The second kappa shape index (κ2) is 8.56. The largest absolute Gasteiger partial charge is 0.497 e. The van der Waals surface area contributed by atoms with Crippen LogP contribution in [0, 0.1) is 13.8 Å². The molecule has 7 heteroatoms. The number of nitrogens with zero attached hydrogens (tertiary/aromatic N) is 2. The molecule has 1 aromatic heterocycles. The number of carbonyl (C=O) groups excluding carboxylic acids is 1. The van der Waals surface area contributed by atoms with E-state index in [1.165, 1.54) is 0 Å². The summed E-state index contributed by atoms with van der Waals surface area (Å²) in [5.74, 6) is 1.95. The summed E-state index contributed by atoms with van der Waals surface area (Å²) < 4.78 is 16.1. The van der Waals surface area contributed by atoms with E-state index in [0.29, 0.717) is 17.5 Å². The van der Waals surface area contributed by atoms with Crippen LogP contribution in [0.5, 0.6) is 11.5 Å². The normalized spacial score (nSPS) is 11.7. The van der Waals surface area contributed by atoms with Crippen LogP contribution in [0.4, 0.5) is 0 Å². The summed E-state index contributed by atoms with van der Waals surface area (Å²) in [5.41, 5.74) is 2.93. The molecule has 2 aromatic carbocycles. The van der Waals surface area contributed by atoms with E-state index < -0.39 is 6.10 Å². The van der Waals surface area contributed by atoms with E-state index in [1.54, 1.807) is 14.0 Å². The molecule has 0 spiro atoms. The summed E-state index contributed by atoms with van der Waals surface area (Å²) in [5, 5.41) is 6.70. The number of nitrogens with one attached hydrogen (secondary N) is 1. The lowest BCUT2D eigenvalue weighted by molar-refractivity contribution is -0.127. The molecule has 1 amide bonds. The molecule has 1 N–H and O–H groups in total. The van der Waals surface area contributed by atoms with Gasteiger partial charge in [0.05, 0.1) is 13.7 Å². The first-order chi connectivity index (χ1) is 13.5. The van der Waals surface area contributed by atoms with Crippen LogP contribution < -0.4 is 14.8 Å². The molecule has 0 unspecified atom stereocenters. The number of hydrogen-bond donors (Lipinski definition) is 1. The summed E-state index contributed by atoms with van der Waals surface area (Å²) in [4.78, 5) is 16.6. The van der Waals surface area contributed by atoms with Crippen LogP contribution in [0.1, 0.15) is 23.9 Å². The van der Waals surface area contributed by atoms with Crippen molar-refractivity contribution in [1.82, 2.24) is 15.5 Å². The fourth-order valence-electron chi connectivity index (χ4n) is 2.59. The third-order valence-electron chi connectivity index (χ3n) is 4.46. The maximum atomic E-state index is 12.3. The number of amides is 1. The van der Waals surface area contributed by atoms with Crippen molar-refractivity contribution in [1.29, 1.82) is 0 Å². The second-order valence-corrected chi connectivity index (χ2v) is 6.42. The van der Waals surface area contributed by atoms with Crippen LogP contribution >= 0.6 is 0 Å². The molecule has 0 saturated carbocycles. The molecule has 0 aliphatic carbocycles. The molecule has 3 aromatic rings. The van der Waals surface area contributed by atoms with Gasteiger partial charge < -0.3 is 19.3 Å². The summed E-state index contributed by atoms with van der Waals surface area (Å²) in [7, 11) is 1.61. The van der Waals surface area contributed by atoms with Crippen molar-refractivity contribution in [2.75, 3.05) is 7.11 Å². The minimum absolute atomic E-state index is 0.127. The number of methoxy groups -OCH3 is 1. The Bertz CT molecular complexity index is 951. The highest BCUT2D eigenvalue weighted by Crippen LogP contribution is 2.22. The molecule has 0 aliphatic heterocycles. The standard InChI is InChI=1S/C21H23N3O4/c1-13-6-5-7-18(14(13)2)27-15(3)21(25)22-12-19-23-20(24-28-19)16-8-10-17(26-4)11-9-16/h5-11,15H,12H2,1-4H3,(H,22,25)/t15-/m1/s1. The predicted molar refractivity (Wildman–Crippen MR) is 104 cm³/mol. The van der Waals surface area contributed by atoms with Crippen LogP contribution in [0.3, 0.4) is 0 Å². The molecule has 146 valence electrons. The molecule has 1 atom stereocenters. The van der Waals surface area contributed by atoms with E-state index in [2.05, 4.69) is 15.5 Å². The molecule has 28 heavy (non-hydrogen) atoms. The molecule has 0 aliphatic rings. The topological polar surface area (TPSA) is 86.5 Å². The average molecular weight is 381 g/mol. The number of aromatic nitrogens is 2. The van der Waals surface area contributed by atoms with Crippen molar-refractivity contribution in [2.45, 2.75) is 33.4 Å². The lowest BCUT2D eigenvalue weighted by Crippen LogP contribution is -2.36. The number of carbonyl (C=O) groups is 1.